The van der Waals surface area contributed by atoms with Gasteiger partial charge in [-0.15, -0.1) is 0 Å². The second kappa shape index (κ2) is 10.8. The molecule has 13 heteroatoms. The lowest BCUT2D eigenvalue weighted by Gasteiger charge is -2.21. The molecule has 0 aliphatic carbocycles. The lowest BCUT2D eigenvalue weighted by atomic mass is 10.1. The summed E-state index contributed by atoms with van der Waals surface area (Å²) in [4.78, 5) is 29.2. The van der Waals surface area contributed by atoms with Crippen LogP contribution in [-0.4, -0.2) is 40.8 Å². The Morgan fingerprint density at radius 2 is 1.86 bits per heavy atom. The maximum Gasteiger partial charge on any atom is 0.425 e. The van der Waals surface area contributed by atoms with Crippen molar-refractivity contribution in [3.05, 3.63) is 63.9 Å². The van der Waals surface area contributed by atoms with E-state index >= 15 is 4.39 Å². The van der Waals surface area contributed by atoms with Crippen LogP contribution in [0, 0.1) is 11.6 Å². The molecule has 3 rings (SSSR count). The average molecular weight is 546 g/mol. The number of amides is 1. The molecule has 0 saturated heterocycles. The van der Waals surface area contributed by atoms with E-state index in [0.717, 1.165) is 19.2 Å². The van der Waals surface area contributed by atoms with Crippen molar-refractivity contribution in [2.45, 2.75) is 32.5 Å². The largest absolute Gasteiger partial charge is 0.480 e. The van der Waals surface area contributed by atoms with Gasteiger partial charge in [-0.2, -0.15) is 13.2 Å². The van der Waals surface area contributed by atoms with Crippen LogP contribution in [0.1, 0.15) is 40.4 Å². The second-order valence-corrected chi connectivity index (χ2v) is 8.22. The molecule has 37 heavy (non-hydrogen) atoms. The number of ether oxygens (including phenoxy) is 2. The number of methoxy groups -OCH3 is 1. The number of benzene rings is 2. The first-order valence-electron chi connectivity index (χ1n) is 10.8. The third-order valence-corrected chi connectivity index (χ3v) is 5.76. The van der Waals surface area contributed by atoms with Crippen LogP contribution < -0.4 is 10.1 Å². The van der Waals surface area contributed by atoms with Crippen LogP contribution in [0.15, 0.2) is 30.3 Å². The number of imidazole rings is 1. The quantitative estimate of drug-likeness (QED) is 0.293. The van der Waals surface area contributed by atoms with E-state index in [-0.39, 0.29) is 22.1 Å². The first-order chi connectivity index (χ1) is 17.3. The van der Waals surface area contributed by atoms with Crippen LogP contribution in [0.2, 0.25) is 5.02 Å². The Hall–Kier alpha value is -3.67. The van der Waals surface area contributed by atoms with E-state index in [1.54, 1.807) is 6.92 Å². The van der Waals surface area contributed by atoms with Crippen LogP contribution in [0.3, 0.4) is 0 Å². The predicted octanol–water partition coefficient (Wildman–Crippen LogP) is 5.95. The lowest BCUT2D eigenvalue weighted by Crippen LogP contribution is -2.32. The van der Waals surface area contributed by atoms with E-state index in [4.69, 9.17) is 21.1 Å². The highest BCUT2D eigenvalue weighted by Gasteiger charge is 2.39. The molecular weight excluding hydrogens is 525 g/mol. The molecule has 0 bridgehead atoms. The predicted molar refractivity (Wildman–Crippen MR) is 125 cm³/mol. The molecule has 0 spiro atoms. The highest BCUT2D eigenvalue weighted by Crippen LogP contribution is 2.35. The average Bonchev–Trinajstić information content (AvgIpc) is 3.16. The van der Waals surface area contributed by atoms with Gasteiger partial charge >= 0.3 is 12.1 Å². The molecule has 0 saturated carbocycles. The topological polar surface area (TPSA) is 82.5 Å². The minimum atomic E-state index is -4.83. The Balaban J connectivity index is 2.18. The molecule has 1 heterocycles. The van der Waals surface area contributed by atoms with Gasteiger partial charge in [0.05, 0.1) is 34.6 Å². The summed E-state index contributed by atoms with van der Waals surface area (Å²) in [5, 5.41) is 1.95. The van der Waals surface area contributed by atoms with Gasteiger partial charge in [0.2, 0.25) is 0 Å². The molecule has 0 unspecified atom stereocenters. The molecule has 1 atom stereocenters. The summed E-state index contributed by atoms with van der Waals surface area (Å²) in [6.07, 6.45) is -6.92. The fraction of sp³-hybridized carbons (Fsp3) is 0.292. The fourth-order valence-electron chi connectivity index (χ4n) is 3.49. The van der Waals surface area contributed by atoms with Gasteiger partial charge in [0.1, 0.15) is 23.2 Å². The SMILES string of the molecule is CCc1c(C(=O)OC)nc(-c2cc(O[C@@H](C)C(F)(F)F)c(C(=O)Nc3c(F)cccc3Cl)cc2F)n1C. The molecule has 198 valence electrons. The Kier molecular flexibility index (Phi) is 8.11. The fourth-order valence-corrected chi connectivity index (χ4v) is 3.70. The number of alkyl halides is 3. The van der Waals surface area contributed by atoms with Crippen molar-refractivity contribution in [2.75, 3.05) is 12.4 Å². The van der Waals surface area contributed by atoms with Gasteiger partial charge < -0.3 is 19.4 Å². The van der Waals surface area contributed by atoms with Crippen LogP contribution in [0.5, 0.6) is 5.75 Å². The summed E-state index contributed by atoms with van der Waals surface area (Å²) in [5.41, 5.74) is -1.19. The van der Waals surface area contributed by atoms with Gasteiger partial charge in [-0.1, -0.05) is 24.6 Å². The zero-order chi connectivity index (χ0) is 27.7. The normalized spacial score (nSPS) is 12.3. The van der Waals surface area contributed by atoms with E-state index in [2.05, 4.69) is 10.3 Å². The third-order valence-electron chi connectivity index (χ3n) is 5.45. The first kappa shape index (κ1) is 27.9. The monoisotopic (exact) mass is 545 g/mol. The summed E-state index contributed by atoms with van der Waals surface area (Å²) in [6.45, 7) is 2.41. The van der Waals surface area contributed by atoms with Crippen LogP contribution in [0.25, 0.3) is 11.4 Å². The van der Waals surface area contributed by atoms with Crippen molar-refractivity contribution in [1.82, 2.24) is 9.55 Å². The summed E-state index contributed by atoms with van der Waals surface area (Å²) < 4.78 is 80.4. The van der Waals surface area contributed by atoms with Gasteiger partial charge in [0, 0.05) is 7.05 Å². The molecular formula is C24H21ClF5N3O4. The number of carbonyl (C=O) groups excluding carboxylic acids is 2. The Labute approximate surface area is 213 Å². The van der Waals surface area contributed by atoms with Gasteiger partial charge in [0.25, 0.3) is 5.91 Å². The zero-order valence-corrected chi connectivity index (χ0v) is 20.7. The molecule has 0 aliphatic rings. The number of para-hydroxylation sites is 1. The Morgan fingerprint density at radius 1 is 1.19 bits per heavy atom. The summed E-state index contributed by atoms with van der Waals surface area (Å²) >= 11 is 5.91. The van der Waals surface area contributed by atoms with Crippen molar-refractivity contribution >= 4 is 29.2 Å². The molecule has 0 fully saturated rings. The maximum atomic E-state index is 15.3. The third kappa shape index (κ3) is 5.68. The number of nitrogens with zero attached hydrogens (tertiary/aromatic N) is 2. The number of rotatable bonds is 7. The highest BCUT2D eigenvalue weighted by atomic mass is 35.5. The number of anilines is 1. The minimum absolute atomic E-state index is 0.107. The second-order valence-electron chi connectivity index (χ2n) is 7.82. The smallest absolute Gasteiger partial charge is 0.425 e. The number of aromatic nitrogens is 2. The molecule has 2 aromatic carbocycles. The Bertz CT molecular complexity index is 1340. The maximum absolute atomic E-state index is 15.3. The van der Waals surface area contributed by atoms with E-state index in [1.165, 1.54) is 23.7 Å². The molecule has 0 aliphatic heterocycles. The number of halogens is 6. The number of carbonyl (C=O) groups is 2. The number of nitrogens with one attached hydrogen (secondary N) is 1. The van der Waals surface area contributed by atoms with Gasteiger partial charge in [-0.05, 0) is 37.6 Å². The number of hydrogen-bond donors (Lipinski definition) is 1. The number of hydrogen-bond acceptors (Lipinski definition) is 5. The zero-order valence-electron chi connectivity index (χ0n) is 20.0. The van der Waals surface area contributed by atoms with E-state index in [9.17, 15) is 27.2 Å². The van der Waals surface area contributed by atoms with E-state index in [0.29, 0.717) is 25.1 Å². The van der Waals surface area contributed by atoms with Gasteiger partial charge in [0.15, 0.2) is 11.8 Å². The van der Waals surface area contributed by atoms with Crippen molar-refractivity contribution in [1.29, 1.82) is 0 Å². The minimum Gasteiger partial charge on any atom is -0.480 e. The highest BCUT2D eigenvalue weighted by molar-refractivity contribution is 6.34. The van der Waals surface area contributed by atoms with Crippen molar-refractivity contribution < 1.29 is 41.0 Å². The number of esters is 1. The van der Waals surface area contributed by atoms with E-state index in [1.807, 2.05) is 0 Å². The Morgan fingerprint density at radius 3 is 2.43 bits per heavy atom. The molecule has 7 nitrogen and oxygen atoms in total. The molecule has 3 aromatic rings. The molecule has 0 radical (unpaired) electrons. The lowest BCUT2D eigenvalue weighted by molar-refractivity contribution is -0.189. The molecule has 1 aromatic heterocycles. The first-order valence-corrected chi connectivity index (χ1v) is 11.1. The molecule has 1 N–H and O–H groups in total. The van der Waals surface area contributed by atoms with Gasteiger partial charge in [-0.25, -0.2) is 18.6 Å². The van der Waals surface area contributed by atoms with Gasteiger partial charge in [-0.3, -0.25) is 4.79 Å². The van der Waals surface area contributed by atoms with E-state index < -0.39 is 52.8 Å². The van der Waals surface area contributed by atoms with Crippen molar-refractivity contribution in [3.8, 4) is 17.1 Å². The standard InChI is InChI=1S/C24H21ClF5N3O4/c1-5-17-20(23(35)36-4)31-21(33(17)3)12-10-18(37-11(2)24(28,29)30)13(9-16(12)27)22(34)32-19-14(25)7-6-8-15(19)26/h6-11H,5H2,1-4H3,(H,32,34)/t11-/m0/s1. The molecule has 1 amide bonds. The summed E-state index contributed by atoms with van der Waals surface area (Å²) in [5.74, 6) is -4.73. The van der Waals surface area contributed by atoms with Crippen molar-refractivity contribution in [2.24, 2.45) is 7.05 Å². The van der Waals surface area contributed by atoms with Crippen LogP contribution in [-0.2, 0) is 18.2 Å². The van der Waals surface area contributed by atoms with Crippen LogP contribution in [0.4, 0.5) is 27.6 Å². The summed E-state index contributed by atoms with van der Waals surface area (Å²) in [6, 6.07) is 5.05. The summed E-state index contributed by atoms with van der Waals surface area (Å²) in [7, 11) is 2.61. The van der Waals surface area contributed by atoms with Crippen molar-refractivity contribution in [3.63, 3.8) is 0 Å². The van der Waals surface area contributed by atoms with Crippen LogP contribution >= 0.6 is 11.6 Å².